The molecule has 1 aromatic heterocycles. The van der Waals surface area contributed by atoms with Crippen molar-refractivity contribution in [2.45, 2.75) is 45.4 Å². The van der Waals surface area contributed by atoms with Gasteiger partial charge in [-0.05, 0) is 73.6 Å². The molecule has 1 aliphatic carbocycles. The molecule has 144 valence electrons. The lowest BCUT2D eigenvalue weighted by Crippen LogP contribution is -2.09. The Morgan fingerprint density at radius 1 is 1.04 bits per heavy atom. The van der Waals surface area contributed by atoms with Crippen LogP contribution in [0.15, 0.2) is 60.7 Å². The van der Waals surface area contributed by atoms with Crippen LogP contribution in [0.1, 0.15) is 61.0 Å². The zero-order valence-corrected chi connectivity index (χ0v) is 17.0. The molecule has 0 fully saturated rings. The zero-order valence-electron chi connectivity index (χ0n) is 17.0. The minimum Gasteiger partial charge on any atom is -0.497 e. The van der Waals surface area contributed by atoms with E-state index in [2.05, 4.69) is 67.1 Å². The fourth-order valence-electron chi connectivity index (χ4n) is 4.10. The molecule has 0 saturated heterocycles. The topological polar surface area (TPSA) is 27.1 Å². The van der Waals surface area contributed by atoms with E-state index in [1.54, 1.807) is 7.11 Å². The first-order valence-electron chi connectivity index (χ1n) is 10.2. The van der Waals surface area contributed by atoms with Crippen molar-refractivity contribution in [3.63, 3.8) is 0 Å². The average molecular weight is 373 g/mol. The molecule has 3 heteroatoms. The molecule has 0 unspecified atom stereocenters. The molecule has 0 amide bonds. The molecule has 0 bridgehead atoms. The minimum atomic E-state index is 0.264. The molecule has 1 aliphatic rings. The van der Waals surface area contributed by atoms with E-state index in [1.165, 1.54) is 47.3 Å². The SMILES string of the molecule is COc1ccc([C@@H](C)c2ccccc2-n2nc(C)cc2C2=CCCCC2)cc1. The molecule has 3 nitrogen and oxygen atoms in total. The van der Waals surface area contributed by atoms with Gasteiger partial charge in [0.1, 0.15) is 5.75 Å². The van der Waals surface area contributed by atoms with Crippen molar-refractivity contribution in [2.75, 3.05) is 7.11 Å². The number of para-hydroxylation sites is 1. The zero-order chi connectivity index (χ0) is 19.5. The van der Waals surface area contributed by atoms with Gasteiger partial charge in [-0.25, -0.2) is 4.68 Å². The lowest BCUT2D eigenvalue weighted by molar-refractivity contribution is 0.414. The summed E-state index contributed by atoms with van der Waals surface area (Å²) in [7, 11) is 1.70. The summed E-state index contributed by atoms with van der Waals surface area (Å²) in [6, 6.07) is 19.2. The molecule has 0 N–H and O–H groups in total. The van der Waals surface area contributed by atoms with Gasteiger partial charge in [0.15, 0.2) is 0 Å². The van der Waals surface area contributed by atoms with E-state index in [1.807, 2.05) is 12.1 Å². The summed E-state index contributed by atoms with van der Waals surface area (Å²) in [6.45, 7) is 4.34. The van der Waals surface area contributed by atoms with Crippen LogP contribution in [0.2, 0.25) is 0 Å². The van der Waals surface area contributed by atoms with Gasteiger partial charge < -0.3 is 4.74 Å². The number of rotatable bonds is 5. The Labute approximate surface area is 167 Å². The van der Waals surface area contributed by atoms with Crippen LogP contribution >= 0.6 is 0 Å². The van der Waals surface area contributed by atoms with E-state index in [-0.39, 0.29) is 5.92 Å². The molecule has 0 spiro atoms. The summed E-state index contributed by atoms with van der Waals surface area (Å²) < 4.78 is 7.47. The van der Waals surface area contributed by atoms with Gasteiger partial charge in [-0.15, -0.1) is 0 Å². The second-order valence-corrected chi connectivity index (χ2v) is 7.61. The Kier molecular flexibility index (Phi) is 5.34. The van der Waals surface area contributed by atoms with E-state index < -0.39 is 0 Å². The standard InChI is InChI=1S/C25H28N2O/c1-18-17-25(21-9-5-4-6-10-21)27(26-18)24-12-8-7-11-23(24)19(2)20-13-15-22(28-3)16-14-20/h7-9,11-17,19H,4-6,10H2,1-3H3/t19-/m1/s1. The van der Waals surface area contributed by atoms with E-state index >= 15 is 0 Å². The molecule has 1 atom stereocenters. The van der Waals surface area contributed by atoms with E-state index in [9.17, 15) is 0 Å². The number of methoxy groups -OCH3 is 1. The van der Waals surface area contributed by atoms with Gasteiger partial charge >= 0.3 is 0 Å². The van der Waals surface area contributed by atoms with Gasteiger partial charge in [0.25, 0.3) is 0 Å². The second-order valence-electron chi connectivity index (χ2n) is 7.61. The van der Waals surface area contributed by atoms with E-state index in [4.69, 9.17) is 9.84 Å². The third kappa shape index (κ3) is 3.62. The van der Waals surface area contributed by atoms with Crippen LogP contribution < -0.4 is 4.74 Å². The molecule has 2 aromatic carbocycles. The normalized spacial score (nSPS) is 15.2. The predicted molar refractivity (Wildman–Crippen MR) is 115 cm³/mol. The van der Waals surface area contributed by atoms with Crippen molar-refractivity contribution in [3.05, 3.63) is 83.2 Å². The number of nitrogens with zero attached hydrogens (tertiary/aromatic N) is 2. The predicted octanol–water partition coefficient (Wildman–Crippen LogP) is 6.30. The summed E-state index contributed by atoms with van der Waals surface area (Å²) in [5.74, 6) is 1.15. The quantitative estimate of drug-likeness (QED) is 0.525. The van der Waals surface area contributed by atoms with Crippen molar-refractivity contribution in [2.24, 2.45) is 0 Å². The van der Waals surface area contributed by atoms with Crippen LogP contribution in [0.3, 0.4) is 0 Å². The summed E-state index contributed by atoms with van der Waals surface area (Å²) in [5.41, 5.74) is 7.46. The van der Waals surface area contributed by atoms with Crippen molar-refractivity contribution < 1.29 is 4.74 Å². The van der Waals surface area contributed by atoms with Gasteiger partial charge in [0, 0.05) is 5.92 Å². The molecule has 0 saturated carbocycles. The Balaban J connectivity index is 1.77. The van der Waals surface area contributed by atoms with Crippen LogP contribution in [0.25, 0.3) is 11.3 Å². The fourth-order valence-corrected chi connectivity index (χ4v) is 4.10. The molecule has 1 heterocycles. The highest BCUT2D eigenvalue weighted by atomic mass is 16.5. The lowest BCUT2D eigenvalue weighted by Gasteiger charge is -2.20. The van der Waals surface area contributed by atoms with Gasteiger partial charge in [0.05, 0.1) is 24.2 Å². The first-order chi connectivity index (χ1) is 13.7. The highest BCUT2D eigenvalue weighted by molar-refractivity contribution is 5.66. The molecule has 3 aromatic rings. The number of hydrogen-bond donors (Lipinski definition) is 0. The number of benzene rings is 2. The molecular weight excluding hydrogens is 344 g/mol. The Bertz CT molecular complexity index is 982. The monoisotopic (exact) mass is 372 g/mol. The van der Waals surface area contributed by atoms with Crippen LogP contribution in [-0.4, -0.2) is 16.9 Å². The maximum absolute atomic E-state index is 5.31. The summed E-state index contributed by atoms with van der Waals surface area (Å²) in [4.78, 5) is 0. The lowest BCUT2D eigenvalue weighted by atomic mass is 9.91. The third-order valence-corrected chi connectivity index (χ3v) is 5.70. The summed E-state index contributed by atoms with van der Waals surface area (Å²) >= 11 is 0. The van der Waals surface area contributed by atoms with E-state index in [0.717, 1.165) is 17.9 Å². The number of hydrogen-bond acceptors (Lipinski definition) is 2. The fraction of sp³-hybridized carbons (Fsp3) is 0.320. The molecule has 4 rings (SSSR count). The van der Waals surface area contributed by atoms with Gasteiger partial charge in [-0.2, -0.15) is 5.10 Å². The molecule has 0 radical (unpaired) electrons. The summed E-state index contributed by atoms with van der Waals surface area (Å²) in [6.07, 6.45) is 7.26. The highest BCUT2D eigenvalue weighted by Crippen LogP contribution is 2.33. The second kappa shape index (κ2) is 8.05. The maximum Gasteiger partial charge on any atom is 0.118 e. The van der Waals surface area contributed by atoms with Crippen LogP contribution in [0, 0.1) is 6.92 Å². The van der Waals surface area contributed by atoms with Gasteiger partial charge in [0.2, 0.25) is 0 Å². The highest BCUT2D eigenvalue weighted by Gasteiger charge is 2.19. The van der Waals surface area contributed by atoms with Gasteiger partial charge in [-0.1, -0.05) is 43.3 Å². The Morgan fingerprint density at radius 2 is 1.82 bits per heavy atom. The van der Waals surface area contributed by atoms with Crippen LogP contribution in [-0.2, 0) is 0 Å². The van der Waals surface area contributed by atoms with Crippen molar-refractivity contribution in [1.29, 1.82) is 0 Å². The molecule has 28 heavy (non-hydrogen) atoms. The number of ether oxygens (including phenoxy) is 1. The minimum absolute atomic E-state index is 0.264. The molecular formula is C25H28N2O. The third-order valence-electron chi connectivity index (χ3n) is 5.70. The van der Waals surface area contributed by atoms with Crippen LogP contribution in [0.4, 0.5) is 0 Å². The Hall–Kier alpha value is -2.81. The van der Waals surface area contributed by atoms with E-state index in [0.29, 0.717) is 0 Å². The van der Waals surface area contributed by atoms with Crippen molar-refractivity contribution >= 4 is 5.57 Å². The van der Waals surface area contributed by atoms with Gasteiger partial charge in [-0.3, -0.25) is 0 Å². The number of aromatic nitrogens is 2. The maximum atomic E-state index is 5.31. The van der Waals surface area contributed by atoms with Crippen LogP contribution in [0.5, 0.6) is 5.75 Å². The smallest absolute Gasteiger partial charge is 0.118 e. The first-order valence-corrected chi connectivity index (χ1v) is 10.2. The summed E-state index contributed by atoms with van der Waals surface area (Å²) in [5, 5.41) is 4.88. The number of allylic oxidation sites excluding steroid dienone is 2. The van der Waals surface area contributed by atoms with Crippen molar-refractivity contribution in [1.82, 2.24) is 9.78 Å². The number of aryl methyl sites for hydroxylation is 1. The Morgan fingerprint density at radius 3 is 2.54 bits per heavy atom. The molecule has 0 aliphatic heterocycles. The van der Waals surface area contributed by atoms with Crippen molar-refractivity contribution in [3.8, 4) is 11.4 Å². The average Bonchev–Trinajstić information content (AvgIpc) is 3.15. The largest absolute Gasteiger partial charge is 0.497 e. The first kappa shape index (κ1) is 18.5.